The molecule has 1 atom stereocenters. The SMILES string of the molecule is Cc1ccc(C2=Nn3c(nnc3-c3ccc(C)cc3)S[C@H]2C)cc1. The molecule has 4 nitrogen and oxygen atoms in total. The molecule has 0 saturated carbocycles. The van der Waals surface area contributed by atoms with Gasteiger partial charge in [-0.2, -0.15) is 9.78 Å². The van der Waals surface area contributed by atoms with Gasteiger partial charge in [0, 0.05) is 5.56 Å². The molecule has 4 rings (SSSR count). The van der Waals surface area contributed by atoms with Crippen molar-refractivity contribution in [3.05, 3.63) is 65.2 Å². The number of aromatic nitrogens is 3. The maximum absolute atomic E-state index is 4.87. The fourth-order valence-corrected chi connectivity index (χ4v) is 3.66. The number of nitrogens with zero attached hydrogens (tertiary/aromatic N) is 4. The Balaban J connectivity index is 1.81. The summed E-state index contributed by atoms with van der Waals surface area (Å²) >= 11 is 1.70. The number of fused-ring (bicyclic) bond motifs is 1. The Morgan fingerprint density at radius 1 is 0.833 bits per heavy atom. The van der Waals surface area contributed by atoms with Crippen molar-refractivity contribution >= 4 is 17.5 Å². The van der Waals surface area contributed by atoms with Crippen LogP contribution in [0.15, 0.2) is 58.8 Å². The van der Waals surface area contributed by atoms with Gasteiger partial charge in [-0.3, -0.25) is 0 Å². The molecule has 2 aromatic carbocycles. The van der Waals surface area contributed by atoms with E-state index in [1.165, 1.54) is 11.1 Å². The molecular formula is C19H18N4S. The topological polar surface area (TPSA) is 43.1 Å². The molecule has 0 saturated heterocycles. The van der Waals surface area contributed by atoms with Crippen molar-refractivity contribution in [3.8, 4) is 11.4 Å². The van der Waals surface area contributed by atoms with Crippen LogP contribution in [-0.2, 0) is 0 Å². The molecule has 120 valence electrons. The summed E-state index contributed by atoms with van der Waals surface area (Å²) in [7, 11) is 0. The van der Waals surface area contributed by atoms with Gasteiger partial charge < -0.3 is 0 Å². The van der Waals surface area contributed by atoms with Gasteiger partial charge in [0.2, 0.25) is 5.16 Å². The lowest BCUT2D eigenvalue weighted by Crippen LogP contribution is -2.21. The van der Waals surface area contributed by atoms with E-state index in [2.05, 4.69) is 79.5 Å². The number of rotatable bonds is 2. The minimum Gasteiger partial charge on any atom is -0.187 e. The van der Waals surface area contributed by atoms with E-state index in [0.717, 1.165) is 27.8 Å². The van der Waals surface area contributed by atoms with Crippen molar-refractivity contribution in [2.45, 2.75) is 31.2 Å². The number of hydrogen-bond donors (Lipinski definition) is 0. The van der Waals surface area contributed by atoms with Gasteiger partial charge in [0.1, 0.15) is 0 Å². The molecule has 1 aliphatic rings. The Morgan fingerprint density at radius 2 is 1.42 bits per heavy atom. The summed E-state index contributed by atoms with van der Waals surface area (Å²) in [5.74, 6) is 0.786. The summed E-state index contributed by atoms with van der Waals surface area (Å²) in [4.78, 5) is 0. The Labute approximate surface area is 145 Å². The summed E-state index contributed by atoms with van der Waals surface area (Å²) in [6.07, 6.45) is 0. The smallest absolute Gasteiger partial charge is 0.187 e. The minimum atomic E-state index is 0.246. The van der Waals surface area contributed by atoms with E-state index in [4.69, 9.17) is 5.10 Å². The Bertz CT molecular complexity index is 908. The van der Waals surface area contributed by atoms with Crippen LogP contribution in [0.3, 0.4) is 0 Å². The third-order valence-electron chi connectivity index (χ3n) is 4.14. The molecule has 0 aliphatic carbocycles. The Morgan fingerprint density at radius 3 is 2.04 bits per heavy atom. The highest BCUT2D eigenvalue weighted by Crippen LogP contribution is 2.32. The van der Waals surface area contributed by atoms with Crippen molar-refractivity contribution < 1.29 is 0 Å². The van der Waals surface area contributed by atoms with E-state index in [0.29, 0.717) is 0 Å². The summed E-state index contributed by atoms with van der Waals surface area (Å²) in [5, 5.41) is 14.6. The third-order valence-corrected chi connectivity index (χ3v) is 5.19. The highest BCUT2D eigenvalue weighted by atomic mass is 32.2. The lowest BCUT2D eigenvalue weighted by molar-refractivity contribution is 0.754. The molecule has 3 aromatic rings. The molecule has 0 fully saturated rings. The van der Waals surface area contributed by atoms with Crippen molar-refractivity contribution in [3.63, 3.8) is 0 Å². The number of benzene rings is 2. The van der Waals surface area contributed by atoms with Gasteiger partial charge in [-0.25, -0.2) is 0 Å². The van der Waals surface area contributed by atoms with E-state index < -0.39 is 0 Å². The molecule has 0 unspecified atom stereocenters. The van der Waals surface area contributed by atoms with Crippen LogP contribution < -0.4 is 0 Å². The Hall–Kier alpha value is -2.40. The van der Waals surface area contributed by atoms with Gasteiger partial charge >= 0.3 is 0 Å². The van der Waals surface area contributed by atoms with E-state index in [1.54, 1.807) is 11.8 Å². The van der Waals surface area contributed by atoms with Gasteiger partial charge in [-0.05, 0) is 26.3 Å². The molecule has 1 aromatic heterocycles. The maximum atomic E-state index is 4.87. The zero-order chi connectivity index (χ0) is 16.7. The van der Waals surface area contributed by atoms with E-state index in [9.17, 15) is 0 Å². The van der Waals surface area contributed by atoms with Crippen LogP contribution in [-0.4, -0.2) is 25.8 Å². The van der Waals surface area contributed by atoms with Gasteiger partial charge in [0.05, 0.1) is 11.0 Å². The van der Waals surface area contributed by atoms with Crippen LogP contribution in [0.4, 0.5) is 0 Å². The standard InChI is InChI=1S/C19H18N4S/c1-12-4-8-15(9-5-12)17-14(3)24-19-21-20-18(23(19)22-17)16-10-6-13(2)7-11-16/h4-11,14H,1-3H3/t14-/m0/s1. The average Bonchev–Trinajstić information content (AvgIpc) is 2.98. The molecule has 0 radical (unpaired) electrons. The lowest BCUT2D eigenvalue weighted by Gasteiger charge is -2.20. The fourth-order valence-electron chi connectivity index (χ4n) is 2.73. The first-order chi connectivity index (χ1) is 11.6. The molecule has 0 N–H and O–H groups in total. The quantitative estimate of drug-likeness (QED) is 0.701. The van der Waals surface area contributed by atoms with Gasteiger partial charge in [0.15, 0.2) is 5.82 Å². The van der Waals surface area contributed by atoms with Crippen molar-refractivity contribution in [1.29, 1.82) is 0 Å². The van der Waals surface area contributed by atoms with Crippen molar-refractivity contribution in [2.75, 3.05) is 0 Å². The first kappa shape index (κ1) is 15.1. The molecule has 2 heterocycles. The van der Waals surface area contributed by atoms with Gasteiger partial charge in [-0.1, -0.05) is 71.4 Å². The molecule has 0 amide bonds. The fraction of sp³-hybridized carbons (Fsp3) is 0.211. The van der Waals surface area contributed by atoms with Crippen molar-refractivity contribution in [1.82, 2.24) is 14.9 Å². The normalized spacial score (nSPS) is 16.6. The summed E-state index contributed by atoms with van der Waals surface area (Å²) in [6, 6.07) is 16.8. The molecule has 0 bridgehead atoms. The van der Waals surface area contributed by atoms with Gasteiger partial charge in [0.25, 0.3) is 0 Å². The van der Waals surface area contributed by atoms with E-state index in [1.807, 2.05) is 4.68 Å². The largest absolute Gasteiger partial charge is 0.213 e. The summed E-state index contributed by atoms with van der Waals surface area (Å²) < 4.78 is 1.87. The van der Waals surface area contributed by atoms with Crippen LogP contribution in [0.1, 0.15) is 23.6 Å². The predicted octanol–water partition coefficient (Wildman–Crippen LogP) is 4.31. The molecule has 0 spiro atoms. The zero-order valence-electron chi connectivity index (χ0n) is 13.9. The number of thioether (sulfide) groups is 1. The lowest BCUT2D eigenvalue weighted by atomic mass is 10.1. The summed E-state index contributed by atoms with van der Waals surface area (Å²) in [5.41, 5.74) is 5.71. The van der Waals surface area contributed by atoms with Crippen LogP contribution in [0.25, 0.3) is 11.4 Å². The predicted molar refractivity (Wildman–Crippen MR) is 98.6 cm³/mol. The molecular weight excluding hydrogens is 316 g/mol. The van der Waals surface area contributed by atoms with Crippen LogP contribution >= 0.6 is 11.8 Å². The molecule has 5 heteroatoms. The highest BCUT2D eigenvalue weighted by Gasteiger charge is 2.26. The monoisotopic (exact) mass is 334 g/mol. The molecule has 1 aliphatic heterocycles. The first-order valence-corrected chi connectivity index (χ1v) is 8.85. The number of aryl methyl sites for hydroxylation is 2. The van der Waals surface area contributed by atoms with Crippen molar-refractivity contribution in [2.24, 2.45) is 5.10 Å². The average molecular weight is 334 g/mol. The summed E-state index contributed by atoms with van der Waals surface area (Å²) in [6.45, 7) is 6.33. The maximum Gasteiger partial charge on any atom is 0.213 e. The second-order valence-electron chi connectivity index (χ2n) is 6.10. The third kappa shape index (κ3) is 2.65. The minimum absolute atomic E-state index is 0.246. The van der Waals surface area contributed by atoms with Gasteiger partial charge in [-0.15, -0.1) is 10.2 Å². The second-order valence-corrected chi connectivity index (χ2v) is 7.40. The van der Waals surface area contributed by atoms with Crippen LogP contribution in [0.5, 0.6) is 0 Å². The zero-order valence-corrected chi connectivity index (χ0v) is 14.7. The van der Waals surface area contributed by atoms with E-state index in [-0.39, 0.29) is 5.25 Å². The second kappa shape index (κ2) is 5.91. The first-order valence-electron chi connectivity index (χ1n) is 7.97. The van der Waals surface area contributed by atoms with Crippen LogP contribution in [0.2, 0.25) is 0 Å². The Kier molecular flexibility index (Phi) is 3.73. The molecule has 24 heavy (non-hydrogen) atoms. The number of hydrogen-bond acceptors (Lipinski definition) is 4. The van der Waals surface area contributed by atoms with E-state index >= 15 is 0 Å². The van der Waals surface area contributed by atoms with Crippen LogP contribution in [0, 0.1) is 13.8 Å². The highest BCUT2D eigenvalue weighted by molar-refractivity contribution is 8.00.